The highest BCUT2D eigenvalue weighted by atomic mass is 16.5. The average Bonchev–Trinajstić information content (AvgIpc) is 2.34. The van der Waals surface area contributed by atoms with E-state index in [4.69, 9.17) is 10.5 Å². The average molecular weight is 236 g/mol. The lowest BCUT2D eigenvalue weighted by molar-refractivity contribution is 0.140. The van der Waals surface area contributed by atoms with Gasteiger partial charge in [0.1, 0.15) is 6.61 Å². The highest BCUT2D eigenvalue weighted by molar-refractivity contribution is 5.67. The summed E-state index contributed by atoms with van der Waals surface area (Å²) >= 11 is 0. The number of hydrogen-bond acceptors (Lipinski definition) is 3. The molecule has 0 radical (unpaired) electrons. The summed E-state index contributed by atoms with van der Waals surface area (Å²) < 4.78 is 5.02. The number of hydrogen-bond donors (Lipinski definition) is 2. The highest BCUT2D eigenvalue weighted by Gasteiger charge is 2.02. The molecule has 4 nitrogen and oxygen atoms in total. The molecule has 94 valence electrons. The number of benzene rings is 1. The Morgan fingerprint density at radius 1 is 1.35 bits per heavy atom. The van der Waals surface area contributed by atoms with Crippen molar-refractivity contribution in [3.8, 4) is 0 Å². The summed E-state index contributed by atoms with van der Waals surface area (Å²) in [6.45, 7) is 5.43. The third kappa shape index (κ3) is 4.87. The van der Waals surface area contributed by atoms with E-state index in [1.165, 1.54) is 5.56 Å². The third-order valence-corrected chi connectivity index (χ3v) is 2.43. The zero-order valence-electron chi connectivity index (χ0n) is 10.4. The van der Waals surface area contributed by atoms with Gasteiger partial charge in [-0.25, -0.2) is 4.79 Å². The van der Waals surface area contributed by atoms with Crippen molar-refractivity contribution in [1.82, 2.24) is 5.32 Å². The second-order valence-electron chi connectivity index (χ2n) is 4.19. The van der Waals surface area contributed by atoms with Crippen LogP contribution in [0.1, 0.15) is 30.9 Å². The van der Waals surface area contributed by atoms with Gasteiger partial charge in [-0.2, -0.15) is 0 Å². The topological polar surface area (TPSA) is 64.3 Å². The van der Waals surface area contributed by atoms with Gasteiger partial charge in [0.05, 0.1) is 0 Å². The molecular formula is C13H20N2O2. The van der Waals surface area contributed by atoms with Crippen molar-refractivity contribution in [3.05, 3.63) is 35.4 Å². The molecule has 1 amide bonds. The molecule has 0 fully saturated rings. The lowest BCUT2D eigenvalue weighted by Gasteiger charge is -2.08. The molecule has 0 bridgehead atoms. The molecule has 0 aliphatic carbocycles. The number of nitrogens with one attached hydrogen (secondary N) is 1. The van der Waals surface area contributed by atoms with E-state index < -0.39 is 6.09 Å². The van der Waals surface area contributed by atoms with Crippen molar-refractivity contribution in [2.75, 3.05) is 13.1 Å². The molecule has 0 heterocycles. The summed E-state index contributed by atoms with van der Waals surface area (Å²) in [7, 11) is 0. The molecule has 1 rings (SSSR count). The van der Waals surface area contributed by atoms with E-state index in [-0.39, 0.29) is 6.61 Å². The molecule has 4 heteroatoms. The first-order valence-electron chi connectivity index (χ1n) is 5.83. The minimum absolute atomic E-state index is 0.286. The van der Waals surface area contributed by atoms with Gasteiger partial charge in [-0.05, 0) is 17.0 Å². The van der Waals surface area contributed by atoms with Crippen LogP contribution in [0.25, 0.3) is 0 Å². The Balaban J connectivity index is 2.39. The number of rotatable bonds is 5. The van der Waals surface area contributed by atoms with Crippen molar-refractivity contribution in [3.63, 3.8) is 0 Å². The third-order valence-electron chi connectivity index (χ3n) is 2.43. The Morgan fingerprint density at radius 2 is 2.00 bits per heavy atom. The fraction of sp³-hybridized carbons (Fsp3) is 0.462. The van der Waals surface area contributed by atoms with Gasteiger partial charge in [0.25, 0.3) is 0 Å². The smallest absolute Gasteiger partial charge is 0.407 e. The Kier molecular flexibility index (Phi) is 5.49. The molecule has 0 aliphatic heterocycles. The molecule has 1 aromatic carbocycles. The van der Waals surface area contributed by atoms with Gasteiger partial charge >= 0.3 is 6.09 Å². The van der Waals surface area contributed by atoms with Crippen LogP contribution in [0.15, 0.2) is 24.3 Å². The Labute approximate surface area is 102 Å². The molecule has 1 aromatic rings. The molecule has 17 heavy (non-hydrogen) atoms. The van der Waals surface area contributed by atoms with Crippen molar-refractivity contribution >= 4 is 6.09 Å². The SMILES string of the molecule is CC(C)c1ccc(COC(=O)NCCN)cc1. The second-order valence-corrected chi connectivity index (χ2v) is 4.19. The number of carbonyl (C=O) groups is 1. The van der Waals surface area contributed by atoms with Crippen LogP contribution in [0, 0.1) is 0 Å². The summed E-state index contributed by atoms with van der Waals surface area (Å²) in [4.78, 5) is 11.2. The number of amides is 1. The highest BCUT2D eigenvalue weighted by Crippen LogP contribution is 2.14. The predicted octanol–water partition coefficient (Wildman–Crippen LogP) is 1.99. The number of nitrogens with two attached hydrogens (primary N) is 1. The maximum Gasteiger partial charge on any atom is 0.407 e. The van der Waals surface area contributed by atoms with E-state index in [1.807, 2.05) is 12.1 Å². The zero-order chi connectivity index (χ0) is 12.7. The van der Waals surface area contributed by atoms with Crippen LogP contribution in [0.2, 0.25) is 0 Å². The van der Waals surface area contributed by atoms with E-state index in [9.17, 15) is 4.79 Å². The lowest BCUT2D eigenvalue weighted by Crippen LogP contribution is -2.29. The van der Waals surface area contributed by atoms with Gasteiger partial charge in [-0.3, -0.25) is 0 Å². The van der Waals surface area contributed by atoms with Crippen LogP contribution in [-0.2, 0) is 11.3 Å². The predicted molar refractivity (Wildman–Crippen MR) is 67.8 cm³/mol. The molecule has 0 unspecified atom stereocenters. The fourth-order valence-corrected chi connectivity index (χ4v) is 1.37. The summed E-state index contributed by atoms with van der Waals surface area (Å²) in [5.41, 5.74) is 7.52. The van der Waals surface area contributed by atoms with E-state index in [2.05, 4.69) is 31.3 Å². The summed E-state index contributed by atoms with van der Waals surface area (Å²) in [6.07, 6.45) is -0.427. The minimum Gasteiger partial charge on any atom is -0.445 e. The minimum atomic E-state index is -0.427. The van der Waals surface area contributed by atoms with Crippen molar-refractivity contribution in [2.45, 2.75) is 26.4 Å². The van der Waals surface area contributed by atoms with Crippen LogP contribution in [0.5, 0.6) is 0 Å². The van der Waals surface area contributed by atoms with E-state index in [0.717, 1.165) is 5.56 Å². The van der Waals surface area contributed by atoms with Crippen LogP contribution < -0.4 is 11.1 Å². The number of carbonyl (C=O) groups excluding carboxylic acids is 1. The maximum atomic E-state index is 11.2. The molecular weight excluding hydrogens is 216 g/mol. The Morgan fingerprint density at radius 3 is 2.53 bits per heavy atom. The molecule has 0 aliphatic rings. The quantitative estimate of drug-likeness (QED) is 0.821. The molecule has 0 aromatic heterocycles. The number of alkyl carbamates (subject to hydrolysis) is 1. The molecule has 0 saturated carbocycles. The normalized spacial score (nSPS) is 10.4. The van der Waals surface area contributed by atoms with Gasteiger partial charge in [0.15, 0.2) is 0 Å². The van der Waals surface area contributed by atoms with E-state index in [0.29, 0.717) is 19.0 Å². The second kappa shape index (κ2) is 6.91. The largest absolute Gasteiger partial charge is 0.445 e. The fourth-order valence-electron chi connectivity index (χ4n) is 1.37. The first-order chi connectivity index (χ1) is 8.13. The standard InChI is InChI=1S/C13H20N2O2/c1-10(2)12-5-3-11(4-6-12)9-17-13(16)15-8-7-14/h3-6,10H,7-9,14H2,1-2H3,(H,15,16). The van der Waals surface area contributed by atoms with Gasteiger partial charge in [0.2, 0.25) is 0 Å². The van der Waals surface area contributed by atoms with Gasteiger partial charge in [0, 0.05) is 13.1 Å². The van der Waals surface area contributed by atoms with Crippen LogP contribution in [0.3, 0.4) is 0 Å². The maximum absolute atomic E-state index is 11.2. The van der Waals surface area contributed by atoms with Gasteiger partial charge in [-0.1, -0.05) is 38.1 Å². The molecule has 0 saturated heterocycles. The molecule has 0 spiro atoms. The Bertz CT molecular complexity index is 347. The summed E-state index contributed by atoms with van der Waals surface area (Å²) in [5.74, 6) is 0.512. The number of ether oxygens (including phenoxy) is 1. The first kappa shape index (κ1) is 13.5. The van der Waals surface area contributed by atoms with Crippen molar-refractivity contribution in [2.24, 2.45) is 5.73 Å². The zero-order valence-corrected chi connectivity index (χ0v) is 10.4. The van der Waals surface area contributed by atoms with Gasteiger partial charge < -0.3 is 15.8 Å². The van der Waals surface area contributed by atoms with E-state index in [1.54, 1.807) is 0 Å². The monoisotopic (exact) mass is 236 g/mol. The first-order valence-corrected chi connectivity index (χ1v) is 5.83. The lowest BCUT2D eigenvalue weighted by atomic mass is 10.0. The van der Waals surface area contributed by atoms with Gasteiger partial charge in [-0.15, -0.1) is 0 Å². The van der Waals surface area contributed by atoms with Crippen molar-refractivity contribution < 1.29 is 9.53 Å². The van der Waals surface area contributed by atoms with Crippen LogP contribution in [-0.4, -0.2) is 19.2 Å². The van der Waals surface area contributed by atoms with Crippen LogP contribution >= 0.6 is 0 Å². The van der Waals surface area contributed by atoms with Crippen LogP contribution in [0.4, 0.5) is 4.79 Å². The van der Waals surface area contributed by atoms with E-state index >= 15 is 0 Å². The summed E-state index contributed by atoms with van der Waals surface area (Å²) in [5, 5.41) is 2.55. The molecule has 3 N–H and O–H groups in total. The summed E-state index contributed by atoms with van der Waals surface area (Å²) in [6, 6.07) is 8.07. The van der Waals surface area contributed by atoms with Crippen molar-refractivity contribution in [1.29, 1.82) is 0 Å². The molecule has 0 atom stereocenters. The Hall–Kier alpha value is -1.55.